The zero-order valence-corrected chi connectivity index (χ0v) is 17.2. The number of rotatable bonds is 4. The number of urea groups is 1. The number of furan rings is 1. The number of halogens is 5. The molecule has 3 atom stereocenters. The Labute approximate surface area is 189 Å². The van der Waals surface area contributed by atoms with Crippen molar-refractivity contribution in [2.75, 3.05) is 0 Å². The number of nitrogens with one attached hydrogen (secondary N) is 2. The maximum absolute atomic E-state index is 13.9. The third kappa shape index (κ3) is 4.07. The minimum Gasteiger partial charge on any atom is -0.459 e. The molecule has 0 aliphatic carbocycles. The number of aliphatic hydroxyl groups is 1. The first-order valence-electron chi connectivity index (χ1n) is 9.53. The standard InChI is InChI=1S/C22H15ClF4N2O4/c23-14-4-2-1-3-13(14)15-9-10-16(33-15)18-17(19(30)11-5-7-12(24)8-6-11)21(32,22(25,26)27)29-20(31)28-18/h1-10,17-18,32H,(H2,28,29,31)/t17-,18-,21-/m0/s1. The molecule has 11 heteroatoms. The lowest BCUT2D eigenvalue weighted by Gasteiger charge is -2.44. The molecule has 0 saturated carbocycles. The maximum Gasteiger partial charge on any atom is 0.437 e. The molecule has 0 bridgehead atoms. The molecule has 3 aromatic rings. The Kier molecular flexibility index (Phi) is 5.67. The van der Waals surface area contributed by atoms with Crippen molar-refractivity contribution in [3.8, 4) is 11.3 Å². The number of benzene rings is 2. The van der Waals surface area contributed by atoms with Crippen LogP contribution in [0.3, 0.4) is 0 Å². The number of ketones is 1. The molecule has 2 aromatic carbocycles. The van der Waals surface area contributed by atoms with Gasteiger partial charge in [0.2, 0.25) is 5.72 Å². The first-order chi connectivity index (χ1) is 15.5. The molecule has 0 unspecified atom stereocenters. The lowest BCUT2D eigenvalue weighted by molar-refractivity contribution is -0.288. The Morgan fingerprint density at radius 1 is 1.06 bits per heavy atom. The van der Waals surface area contributed by atoms with E-state index in [2.05, 4.69) is 5.32 Å². The number of hydrogen-bond acceptors (Lipinski definition) is 4. The monoisotopic (exact) mass is 482 g/mol. The zero-order valence-electron chi connectivity index (χ0n) is 16.5. The quantitative estimate of drug-likeness (QED) is 0.366. The van der Waals surface area contributed by atoms with Crippen molar-refractivity contribution < 1.29 is 36.7 Å². The molecule has 1 aliphatic heterocycles. The Morgan fingerprint density at radius 2 is 1.73 bits per heavy atom. The number of alkyl halides is 3. The van der Waals surface area contributed by atoms with Gasteiger partial charge < -0.3 is 20.2 Å². The van der Waals surface area contributed by atoms with Gasteiger partial charge in [-0.05, 0) is 48.5 Å². The predicted octanol–water partition coefficient (Wildman–Crippen LogP) is 4.84. The number of carbonyl (C=O) groups excluding carboxylic acids is 2. The van der Waals surface area contributed by atoms with Crippen LogP contribution in [0, 0.1) is 11.7 Å². The lowest BCUT2D eigenvalue weighted by Crippen LogP contribution is -2.72. The lowest BCUT2D eigenvalue weighted by atomic mass is 9.79. The van der Waals surface area contributed by atoms with Crippen molar-refractivity contribution in [1.29, 1.82) is 0 Å². The van der Waals surface area contributed by atoms with Crippen LogP contribution >= 0.6 is 11.6 Å². The van der Waals surface area contributed by atoms with E-state index in [1.807, 2.05) is 0 Å². The van der Waals surface area contributed by atoms with Crippen LogP contribution < -0.4 is 10.6 Å². The fourth-order valence-corrected chi connectivity index (χ4v) is 3.92. The van der Waals surface area contributed by atoms with Gasteiger partial charge >= 0.3 is 12.2 Å². The van der Waals surface area contributed by atoms with Gasteiger partial charge in [0.15, 0.2) is 5.78 Å². The molecular formula is C22H15ClF4N2O4. The Morgan fingerprint density at radius 3 is 2.36 bits per heavy atom. The van der Waals surface area contributed by atoms with E-state index in [-0.39, 0.29) is 17.1 Å². The van der Waals surface area contributed by atoms with Gasteiger partial charge in [0.25, 0.3) is 0 Å². The van der Waals surface area contributed by atoms with Crippen molar-refractivity contribution in [2.45, 2.75) is 17.9 Å². The second-order valence-electron chi connectivity index (χ2n) is 7.37. The predicted molar refractivity (Wildman–Crippen MR) is 109 cm³/mol. The van der Waals surface area contributed by atoms with Gasteiger partial charge in [-0.15, -0.1) is 0 Å². The van der Waals surface area contributed by atoms with E-state index in [1.165, 1.54) is 17.4 Å². The summed E-state index contributed by atoms with van der Waals surface area (Å²) >= 11 is 6.14. The van der Waals surface area contributed by atoms with E-state index in [1.54, 1.807) is 24.3 Å². The molecule has 1 fully saturated rings. The minimum absolute atomic E-state index is 0.173. The van der Waals surface area contributed by atoms with E-state index >= 15 is 0 Å². The van der Waals surface area contributed by atoms with Crippen LogP contribution in [0.2, 0.25) is 5.02 Å². The summed E-state index contributed by atoms with van der Waals surface area (Å²) in [6, 6.07) is 9.90. The van der Waals surface area contributed by atoms with Crippen LogP contribution in [0.25, 0.3) is 11.3 Å². The zero-order chi connectivity index (χ0) is 24.0. The topological polar surface area (TPSA) is 91.6 Å². The van der Waals surface area contributed by atoms with Crippen LogP contribution in [0.1, 0.15) is 22.2 Å². The van der Waals surface area contributed by atoms with Crippen LogP contribution in [0.15, 0.2) is 65.1 Å². The minimum atomic E-state index is -5.43. The van der Waals surface area contributed by atoms with Crippen molar-refractivity contribution in [2.24, 2.45) is 5.92 Å². The molecular weight excluding hydrogens is 468 g/mol. The van der Waals surface area contributed by atoms with E-state index in [4.69, 9.17) is 16.0 Å². The molecule has 2 amide bonds. The smallest absolute Gasteiger partial charge is 0.437 e. The fourth-order valence-electron chi connectivity index (χ4n) is 3.70. The van der Waals surface area contributed by atoms with Crippen molar-refractivity contribution in [3.05, 3.63) is 82.8 Å². The Balaban J connectivity index is 1.82. The number of hydrogen-bond donors (Lipinski definition) is 3. The summed E-state index contributed by atoms with van der Waals surface area (Å²) in [6.07, 6.45) is -5.43. The van der Waals surface area contributed by atoms with Gasteiger partial charge in [-0.1, -0.05) is 23.7 Å². The average molecular weight is 483 g/mol. The summed E-state index contributed by atoms with van der Waals surface area (Å²) < 4.78 is 60.8. The summed E-state index contributed by atoms with van der Waals surface area (Å²) in [5, 5.41) is 14.5. The highest BCUT2D eigenvalue weighted by atomic mass is 35.5. The van der Waals surface area contributed by atoms with Gasteiger partial charge in [-0.25, -0.2) is 9.18 Å². The Hall–Kier alpha value is -3.37. The first kappa shape index (κ1) is 22.8. The molecule has 0 spiro atoms. The summed E-state index contributed by atoms with van der Waals surface area (Å²) in [7, 11) is 0. The summed E-state index contributed by atoms with van der Waals surface area (Å²) in [5.74, 6) is -4.25. The molecule has 2 heterocycles. The molecule has 0 radical (unpaired) electrons. The largest absolute Gasteiger partial charge is 0.459 e. The highest BCUT2D eigenvalue weighted by Crippen LogP contribution is 2.45. The summed E-state index contributed by atoms with van der Waals surface area (Å²) in [4.78, 5) is 25.2. The first-order valence-corrected chi connectivity index (χ1v) is 9.91. The van der Waals surface area contributed by atoms with Crippen LogP contribution in [-0.4, -0.2) is 28.8 Å². The highest BCUT2D eigenvalue weighted by Gasteiger charge is 2.66. The average Bonchev–Trinajstić information content (AvgIpc) is 3.23. The fraction of sp³-hybridized carbons (Fsp3) is 0.182. The molecule has 33 heavy (non-hydrogen) atoms. The molecule has 4 rings (SSSR count). The SMILES string of the molecule is O=C1N[C@@H](c2ccc(-c3ccccc3Cl)o2)[C@@H](C(=O)c2ccc(F)cc2)[C@](O)(C(F)(F)F)N1. The molecule has 6 nitrogen and oxygen atoms in total. The molecule has 1 aliphatic rings. The van der Waals surface area contributed by atoms with Gasteiger partial charge in [-0.3, -0.25) is 4.79 Å². The molecule has 1 aromatic heterocycles. The second-order valence-corrected chi connectivity index (χ2v) is 7.78. The number of carbonyl (C=O) groups is 2. The second kappa shape index (κ2) is 8.20. The third-order valence-electron chi connectivity index (χ3n) is 5.29. The van der Waals surface area contributed by atoms with Crippen molar-refractivity contribution in [1.82, 2.24) is 10.6 Å². The van der Waals surface area contributed by atoms with E-state index < -0.39 is 41.5 Å². The van der Waals surface area contributed by atoms with Crippen LogP contribution in [-0.2, 0) is 0 Å². The van der Waals surface area contributed by atoms with Crippen molar-refractivity contribution >= 4 is 23.4 Å². The van der Waals surface area contributed by atoms with E-state index in [0.717, 1.165) is 24.3 Å². The van der Waals surface area contributed by atoms with E-state index in [9.17, 15) is 32.3 Å². The normalized spacial score (nSPS) is 23.0. The van der Waals surface area contributed by atoms with Crippen LogP contribution in [0.5, 0.6) is 0 Å². The summed E-state index contributed by atoms with van der Waals surface area (Å²) in [6.45, 7) is 0. The van der Waals surface area contributed by atoms with Gasteiger partial charge in [0.1, 0.15) is 29.3 Å². The Bertz CT molecular complexity index is 1210. The molecule has 1 saturated heterocycles. The van der Waals surface area contributed by atoms with Gasteiger partial charge in [-0.2, -0.15) is 13.2 Å². The number of amides is 2. The van der Waals surface area contributed by atoms with Crippen LogP contribution in [0.4, 0.5) is 22.4 Å². The molecule has 3 N–H and O–H groups in total. The van der Waals surface area contributed by atoms with Gasteiger partial charge in [0.05, 0.1) is 5.02 Å². The van der Waals surface area contributed by atoms with Gasteiger partial charge in [0, 0.05) is 11.1 Å². The van der Waals surface area contributed by atoms with E-state index in [0.29, 0.717) is 10.6 Å². The highest BCUT2D eigenvalue weighted by molar-refractivity contribution is 6.33. The van der Waals surface area contributed by atoms with Crippen molar-refractivity contribution in [3.63, 3.8) is 0 Å². The number of Topliss-reactive ketones (excluding diaryl/α,β-unsaturated/α-hetero) is 1. The molecule has 172 valence electrons. The maximum atomic E-state index is 13.9. The third-order valence-corrected chi connectivity index (χ3v) is 5.62. The summed E-state index contributed by atoms with van der Waals surface area (Å²) in [5.41, 5.74) is -3.80.